The lowest BCUT2D eigenvalue weighted by Gasteiger charge is -2.35. The van der Waals surface area contributed by atoms with Crippen molar-refractivity contribution >= 4 is 33.2 Å². The van der Waals surface area contributed by atoms with Crippen LogP contribution in [0.2, 0.25) is 0 Å². The lowest BCUT2D eigenvalue weighted by molar-refractivity contribution is -0.136. The van der Waals surface area contributed by atoms with E-state index in [0.29, 0.717) is 19.5 Å². The van der Waals surface area contributed by atoms with Crippen molar-refractivity contribution in [3.8, 4) is 0 Å². The van der Waals surface area contributed by atoms with Crippen molar-refractivity contribution in [2.45, 2.75) is 24.5 Å². The van der Waals surface area contributed by atoms with Crippen molar-refractivity contribution in [3.05, 3.63) is 29.2 Å². The van der Waals surface area contributed by atoms with Gasteiger partial charge in [0, 0.05) is 37.5 Å². The number of carbonyl (C=O) groups is 2. The molecule has 0 aliphatic carbocycles. The van der Waals surface area contributed by atoms with Gasteiger partial charge in [-0.05, 0) is 19.4 Å². The van der Waals surface area contributed by atoms with Gasteiger partial charge in [-0.2, -0.15) is 4.31 Å². The van der Waals surface area contributed by atoms with E-state index in [9.17, 15) is 18.0 Å². The lowest BCUT2D eigenvalue weighted by Crippen LogP contribution is -2.51. The van der Waals surface area contributed by atoms with E-state index >= 15 is 0 Å². The van der Waals surface area contributed by atoms with Crippen LogP contribution in [0.4, 0.5) is 0 Å². The standard InChI is InChI=1S/C16H22N2O5S2/c1-11(2)8-12(3)15(19)17-4-6-18(7-5-17)25(22,23)14-9-13(10-24-14)16(20)21/h9-10,12H,1,4-8H2,2-3H3,(H,20,21). The number of nitrogens with zero attached hydrogens (tertiary/aromatic N) is 2. The first-order valence-corrected chi connectivity index (χ1v) is 10.2. The summed E-state index contributed by atoms with van der Waals surface area (Å²) in [6.45, 7) is 8.60. The molecule has 1 amide bonds. The number of carbonyl (C=O) groups excluding carboxylic acids is 1. The van der Waals surface area contributed by atoms with Crippen molar-refractivity contribution in [1.29, 1.82) is 0 Å². The summed E-state index contributed by atoms with van der Waals surface area (Å²) in [7, 11) is -3.73. The molecule has 1 fully saturated rings. The summed E-state index contributed by atoms with van der Waals surface area (Å²) in [5.41, 5.74) is 0.903. The highest BCUT2D eigenvalue weighted by atomic mass is 32.2. The van der Waals surface area contributed by atoms with E-state index < -0.39 is 16.0 Å². The maximum atomic E-state index is 12.6. The first kappa shape index (κ1) is 19.6. The fourth-order valence-corrected chi connectivity index (χ4v) is 5.49. The van der Waals surface area contributed by atoms with Crippen LogP contribution >= 0.6 is 11.3 Å². The van der Waals surface area contributed by atoms with Crippen LogP contribution < -0.4 is 0 Å². The molecule has 9 heteroatoms. The number of carboxylic acids is 1. The van der Waals surface area contributed by atoms with Gasteiger partial charge in [-0.15, -0.1) is 17.9 Å². The largest absolute Gasteiger partial charge is 0.478 e. The normalized spacial score (nSPS) is 17.3. The molecule has 0 saturated carbocycles. The Balaban J connectivity index is 2.02. The zero-order chi connectivity index (χ0) is 18.8. The van der Waals surface area contributed by atoms with Crippen molar-refractivity contribution in [2.24, 2.45) is 5.92 Å². The molecule has 1 aliphatic rings. The molecule has 0 bridgehead atoms. The average Bonchev–Trinajstić information content (AvgIpc) is 3.04. The second-order valence-electron chi connectivity index (χ2n) is 6.25. The number of allylic oxidation sites excluding steroid dienone is 1. The number of thiophene rings is 1. The average molecular weight is 386 g/mol. The molecule has 1 aliphatic heterocycles. The van der Waals surface area contributed by atoms with Crippen LogP contribution in [0.3, 0.4) is 0 Å². The van der Waals surface area contributed by atoms with Crippen LogP contribution in [0.1, 0.15) is 30.6 Å². The van der Waals surface area contributed by atoms with E-state index in [-0.39, 0.29) is 34.7 Å². The number of hydrogen-bond donors (Lipinski definition) is 1. The quantitative estimate of drug-likeness (QED) is 0.753. The van der Waals surface area contributed by atoms with E-state index in [1.807, 2.05) is 13.8 Å². The molecule has 1 aromatic heterocycles. The Bertz CT molecular complexity index is 776. The molecule has 7 nitrogen and oxygen atoms in total. The molecule has 0 radical (unpaired) electrons. The summed E-state index contributed by atoms with van der Waals surface area (Å²) in [5.74, 6) is -1.32. The topological polar surface area (TPSA) is 95.0 Å². The highest BCUT2D eigenvalue weighted by Crippen LogP contribution is 2.25. The third-order valence-corrected chi connectivity index (χ3v) is 7.36. The van der Waals surface area contributed by atoms with Gasteiger partial charge in [0.05, 0.1) is 5.56 Å². The molecule has 1 unspecified atom stereocenters. The minimum Gasteiger partial charge on any atom is -0.478 e. The van der Waals surface area contributed by atoms with Crippen LogP contribution in [0.15, 0.2) is 27.8 Å². The van der Waals surface area contributed by atoms with E-state index in [0.717, 1.165) is 16.9 Å². The summed E-state index contributed by atoms with van der Waals surface area (Å²) in [6.07, 6.45) is 0.616. The maximum Gasteiger partial charge on any atom is 0.336 e. The second kappa shape index (κ2) is 7.67. The molecule has 138 valence electrons. The Kier molecular flexibility index (Phi) is 6.02. The minimum absolute atomic E-state index is 0.00401. The molecule has 1 saturated heterocycles. The number of piperazine rings is 1. The van der Waals surface area contributed by atoms with Gasteiger partial charge in [0.15, 0.2) is 0 Å². The molecular weight excluding hydrogens is 364 g/mol. The molecule has 0 spiro atoms. The monoisotopic (exact) mass is 386 g/mol. The smallest absolute Gasteiger partial charge is 0.336 e. The Morgan fingerprint density at radius 2 is 1.92 bits per heavy atom. The van der Waals surface area contributed by atoms with Gasteiger partial charge >= 0.3 is 5.97 Å². The second-order valence-corrected chi connectivity index (χ2v) is 9.33. The van der Waals surface area contributed by atoms with E-state index in [1.54, 1.807) is 4.90 Å². The first-order chi connectivity index (χ1) is 11.6. The van der Waals surface area contributed by atoms with Crippen LogP contribution in [-0.2, 0) is 14.8 Å². The Labute approximate surface area is 151 Å². The highest BCUT2D eigenvalue weighted by molar-refractivity contribution is 7.91. The van der Waals surface area contributed by atoms with Crippen molar-refractivity contribution < 1.29 is 23.1 Å². The predicted molar refractivity (Wildman–Crippen MR) is 95.2 cm³/mol. The zero-order valence-electron chi connectivity index (χ0n) is 14.3. The van der Waals surface area contributed by atoms with E-state index in [2.05, 4.69) is 6.58 Å². The van der Waals surface area contributed by atoms with Crippen LogP contribution in [0.5, 0.6) is 0 Å². The lowest BCUT2D eigenvalue weighted by atomic mass is 10.0. The number of carboxylic acid groups (broad SMARTS) is 1. The van der Waals surface area contributed by atoms with Gasteiger partial charge in [0.1, 0.15) is 4.21 Å². The van der Waals surface area contributed by atoms with E-state index in [1.165, 1.54) is 15.8 Å². The number of aromatic carboxylic acids is 1. The molecule has 2 heterocycles. The van der Waals surface area contributed by atoms with Crippen LogP contribution in [0, 0.1) is 5.92 Å². The van der Waals surface area contributed by atoms with Crippen LogP contribution in [0.25, 0.3) is 0 Å². The third-order valence-electron chi connectivity index (χ3n) is 4.04. The fraction of sp³-hybridized carbons (Fsp3) is 0.500. The molecular formula is C16H22N2O5S2. The predicted octanol–water partition coefficient (Wildman–Crippen LogP) is 1.88. The van der Waals surface area contributed by atoms with Gasteiger partial charge in [-0.25, -0.2) is 13.2 Å². The fourth-order valence-electron chi connectivity index (χ4n) is 2.76. The molecule has 2 rings (SSSR count). The Morgan fingerprint density at radius 1 is 1.32 bits per heavy atom. The van der Waals surface area contributed by atoms with Gasteiger partial charge in [-0.1, -0.05) is 12.5 Å². The zero-order valence-corrected chi connectivity index (χ0v) is 15.9. The summed E-state index contributed by atoms with van der Waals surface area (Å²) in [5, 5.41) is 10.2. The van der Waals surface area contributed by atoms with Crippen molar-refractivity contribution in [3.63, 3.8) is 0 Å². The van der Waals surface area contributed by atoms with Gasteiger partial charge in [0.25, 0.3) is 10.0 Å². The summed E-state index contributed by atoms with van der Waals surface area (Å²) < 4.78 is 26.5. The van der Waals surface area contributed by atoms with E-state index in [4.69, 9.17) is 5.11 Å². The van der Waals surface area contributed by atoms with Crippen molar-refractivity contribution in [2.75, 3.05) is 26.2 Å². The minimum atomic E-state index is -3.73. The number of sulfonamides is 1. The molecule has 1 aromatic rings. The number of amides is 1. The van der Waals surface area contributed by atoms with Gasteiger partial charge in [-0.3, -0.25) is 4.79 Å². The molecule has 25 heavy (non-hydrogen) atoms. The summed E-state index contributed by atoms with van der Waals surface area (Å²) >= 11 is 0.897. The Morgan fingerprint density at radius 3 is 2.40 bits per heavy atom. The summed E-state index contributed by atoms with van der Waals surface area (Å²) in [4.78, 5) is 25.0. The van der Waals surface area contributed by atoms with Gasteiger partial charge in [0.2, 0.25) is 5.91 Å². The molecule has 0 aromatic carbocycles. The highest BCUT2D eigenvalue weighted by Gasteiger charge is 2.32. The summed E-state index contributed by atoms with van der Waals surface area (Å²) in [6, 6.07) is 1.18. The number of hydrogen-bond acceptors (Lipinski definition) is 5. The molecule has 1 N–H and O–H groups in total. The number of rotatable bonds is 6. The maximum absolute atomic E-state index is 12.6. The molecule has 1 atom stereocenters. The SMILES string of the molecule is C=C(C)CC(C)C(=O)N1CCN(S(=O)(=O)c2cc(C(=O)O)cs2)CC1. The van der Waals surface area contributed by atoms with Crippen LogP contribution in [-0.4, -0.2) is 60.8 Å². The third kappa shape index (κ3) is 4.47. The Hall–Kier alpha value is -1.71. The van der Waals surface area contributed by atoms with Gasteiger partial charge < -0.3 is 10.0 Å². The van der Waals surface area contributed by atoms with Crippen molar-refractivity contribution in [1.82, 2.24) is 9.21 Å². The first-order valence-electron chi connectivity index (χ1n) is 7.88.